The number of amides is 1. The average molecular weight is 302 g/mol. The molecule has 1 N–H and O–H groups in total. The lowest BCUT2D eigenvalue weighted by molar-refractivity contribution is 0.0692. The molecule has 2 aromatic heterocycles. The first-order chi connectivity index (χ1) is 10.6. The number of aromatic nitrogens is 2. The predicted molar refractivity (Wildman–Crippen MR) is 75.8 cm³/mol. The lowest BCUT2D eigenvalue weighted by atomic mass is 10.2. The first kappa shape index (κ1) is 14.1. The molecule has 3 heterocycles. The molecule has 0 unspecified atom stereocenters. The number of carboxylic acids is 1. The third-order valence-electron chi connectivity index (χ3n) is 3.50. The fraction of sp³-hybridized carbons (Fsp3) is 0.286. The maximum absolute atomic E-state index is 12.3. The van der Waals surface area contributed by atoms with E-state index in [0.29, 0.717) is 26.2 Å². The number of hydrogen-bond acceptors (Lipinski definition) is 6. The highest BCUT2D eigenvalue weighted by molar-refractivity contribution is 5.95. The molecule has 0 spiro atoms. The Bertz CT molecular complexity index is 677. The van der Waals surface area contributed by atoms with Gasteiger partial charge in [-0.1, -0.05) is 0 Å². The lowest BCUT2D eigenvalue weighted by Crippen LogP contribution is -2.49. The van der Waals surface area contributed by atoms with Gasteiger partial charge in [0.25, 0.3) is 5.91 Å². The summed E-state index contributed by atoms with van der Waals surface area (Å²) in [5, 5.41) is 8.85. The SMILES string of the molecule is O=C(O)c1coc(C(=O)N2CCN(c3cnccn3)CC2)c1. The molecule has 1 aliphatic rings. The van der Waals surface area contributed by atoms with Crippen LogP contribution in [0.3, 0.4) is 0 Å². The van der Waals surface area contributed by atoms with Crippen LogP contribution in [0.2, 0.25) is 0 Å². The average Bonchev–Trinajstić information content (AvgIpc) is 3.05. The first-order valence-corrected chi connectivity index (χ1v) is 6.77. The van der Waals surface area contributed by atoms with Crippen molar-refractivity contribution < 1.29 is 19.1 Å². The highest BCUT2D eigenvalue weighted by atomic mass is 16.4. The molecule has 0 saturated carbocycles. The number of hydrogen-bond donors (Lipinski definition) is 1. The number of rotatable bonds is 3. The zero-order valence-corrected chi connectivity index (χ0v) is 11.7. The van der Waals surface area contributed by atoms with E-state index in [1.807, 2.05) is 4.90 Å². The van der Waals surface area contributed by atoms with Crippen LogP contribution in [0.25, 0.3) is 0 Å². The number of anilines is 1. The first-order valence-electron chi connectivity index (χ1n) is 6.77. The van der Waals surface area contributed by atoms with Gasteiger partial charge in [0.15, 0.2) is 5.76 Å². The summed E-state index contributed by atoms with van der Waals surface area (Å²) in [7, 11) is 0. The maximum Gasteiger partial charge on any atom is 0.338 e. The number of piperazine rings is 1. The molecule has 1 saturated heterocycles. The van der Waals surface area contributed by atoms with Crippen molar-refractivity contribution in [1.29, 1.82) is 0 Å². The zero-order valence-electron chi connectivity index (χ0n) is 11.7. The normalized spacial score (nSPS) is 14.9. The topological polar surface area (TPSA) is 99.8 Å². The molecule has 1 fully saturated rings. The predicted octanol–water partition coefficient (Wildman–Crippen LogP) is 0.730. The Morgan fingerprint density at radius 2 is 1.95 bits per heavy atom. The van der Waals surface area contributed by atoms with E-state index >= 15 is 0 Å². The Balaban J connectivity index is 1.63. The van der Waals surface area contributed by atoms with Gasteiger partial charge < -0.3 is 19.3 Å². The molecule has 3 rings (SSSR count). The van der Waals surface area contributed by atoms with Crippen molar-refractivity contribution in [3.8, 4) is 0 Å². The fourth-order valence-corrected chi connectivity index (χ4v) is 2.31. The minimum atomic E-state index is -1.12. The van der Waals surface area contributed by atoms with Gasteiger partial charge in [0.2, 0.25) is 0 Å². The van der Waals surface area contributed by atoms with Gasteiger partial charge in [0.1, 0.15) is 12.1 Å². The molecule has 8 nitrogen and oxygen atoms in total. The Kier molecular flexibility index (Phi) is 3.73. The third-order valence-corrected chi connectivity index (χ3v) is 3.50. The van der Waals surface area contributed by atoms with Gasteiger partial charge >= 0.3 is 5.97 Å². The van der Waals surface area contributed by atoms with Gasteiger partial charge in [-0.15, -0.1) is 0 Å². The number of furan rings is 1. The fourth-order valence-electron chi connectivity index (χ4n) is 2.31. The van der Waals surface area contributed by atoms with Gasteiger partial charge in [-0.3, -0.25) is 9.78 Å². The Labute approximate surface area is 126 Å². The van der Waals surface area contributed by atoms with Gasteiger partial charge in [0, 0.05) is 44.6 Å². The van der Waals surface area contributed by atoms with Crippen molar-refractivity contribution >= 4 is 17.7 Å². The van der Waals surface area contributed by atoms with Gasteiger partial charge in [-0.05, 0) is 0 Å². The summed E-state index contributed by atoms with van der Waals surface area (Å²) < 4.78 is 5.04. The zero-order chi connectivity index (χ0) is 15.5. The number of aromatic carboxylic acids is 1. The Morgan fingerprint density at radius 3 is 2.55 bits per heavy atom. The molecule has 1 amide bonds. The van der Waals surface area contributed by atoms with Crippen molar-refractivity contribution in [2.24, 2.45) is 0 Å². The van der Waals surface area contributed by atoms with E-state index in [4.69, 9.17) is 9.52 Å². The largest absolute Gasteiger partial charge is 0.478 e. The number of carbonyl (C=O) groups is 2. The van der Waals surface area contributed by atoms with E-state index in [1.54, 1.807) is 23.5 Å². The molecule has 22 heavy (non-hydrogen) atoms. The molecule has 114 valence electrons. The molecular formula is C14H14N4O4. The molecule has 0 radical (unpaired) electrons. The summed E-state index contributed by atoms with van der Waals surface area (Å²) in [6, 6.07) is 1.25. The molecule has 2 aromatic rings. The lowest BCUT2D eigenvalue weighted by Gasteiger charge is -2.34. The van der Waals surface area contributed by atoms with E-state index in [-0.39, 0.29) is 17.2 Å². The molecule has 0 aliphatic carbocycles. The van der Waals surface area contributed by atoms with Crippen molar-refractivity contribution in [3.63, 3.8) is 0 Å². The summed E-state index contributed by atoms with van der Waals surface area (Å²) in [6.45, 7) is 2.30. The van der Waals surface area contributed by atoms with Crippen LogP contribution >= 0.6 is 0 Å². The smallest absolute Gasteiger partial charge is 0.338 e. The van der Waals surface area contributed by atoms with Crippen LogP contribution < -0.4 is 4.90 Å². The van der Waals surface area contributed by atoms with Crippen molar-refractivity contribution in [2.45, 2.75) is 0 Å². The van der Waals surface area contributed by atoms with Crippen LogP contribution in [-0.4, -0.2) is 58.0 Å². The maximum atomic E-state index is 12.3. The monoisotopic (exact) mass is 302 g/mol. The van der Waals surface area contributed by atoms with E-state index < -0.39 is 5.97 Å². The summed E-state index contributed by atoms with van der Waals surface area (Å²) in [4.78, 5) is 35.0. The van der Waals surface area contributed by atoms with E-state index in [2.05, 4.69) is 9.97 Å². The second kappa shape index (κ2) is 5.84. The summed E-state index contributed by atoms with van der Waals surface area (Å²) >= 11 is 0. The minimum Gasteiger partial charge on any atom is -0.478 e. The second-order valence-corrected chi connectivity index (χ2v) is 4.85. The quantitative estimate of drug-likeness (QED) is 0.892. The van der Waals surface area contributed by atoms with E-state index in [1.165, 1.54) is 6.07 Å². The van der Waals surface area contributed by atoms with Crippen LogP contribution in [0.5, 0.6) is 0 Å². The molecule has 0 aromatic carbocycles. The molecule has 1 aliphatic heterocycles. The highest BCUT2D eigenvalue weighted by Crippen LogP contribution is 2.15. The second-order valence-electron chi connectivity index (χ2n) is 4.85. The van der Waals surface area contributed by atoms with Gasteiger partial charge in [-0.2, -0.15) is 0 Å². The summed E-state index contributed by atoms with van der Waals surface area (Å²) in [5.41, 5.74) is -0.0263. The van der Waals surface area contributed by atoms with Gasteiger partial charge in [-0.25, -0.2) is 9.78 Å². The van der Waals surface area contributed by atoms with Crippen LogP contribution in [0.4, 0.5) is 5.82 Å². The highest BCUT2D eigenvalue weighted by Gasteiger charge is 2.25. The van der Waals surface area contributed by atoms with Crippen molar-refractivity contribution in [3.05, 3.63) is 42.2 Å². The van der Waals surface area contributed by atoms with Crippen LogP contribution in [0.15, 0.2) is 35.3 Å². The Hall–Kier alpha value is -2.90. The van der Waals surface area contributed by atoms with Crippen LogP contribution in [0.1, 0.15) is 20.9 Å². The molecule has 0 atom stereocenters. The minimum absolute atomic E-state index is 0.0263. The van der Waals surface area contributed by atoms with E-state index in [9.17, 15) is 9.59 Å². The molecule has 0 bridgehead atoms. The molecular weight excluding hydrogens is 288 g/mol. The number of carboxylic acid groups (broad SMARTS) is 1. The molecule has 8 heteroatoms. The number of nitrogens with zero attached hydrogens (tertiary/aromatic N) is 4. The standard InChI is InChI=1S/C14H14N4O4/c19-13(11-7-10(9-22-11)14(20)21)18-5-3-17(4-6-18)12-8-15-1-2-16-12/h1-2,7-9H,3-6H2,(H,20,21). The van der Waals surface area contributed by atoms with E-state index in [0.717, 1.165) is 12.1 Å². The van der Waals surface area contributed by atoms with Crippen LogP contribution in [0, 0.1) is 0 Å². The third kappa shape index (κ3) is 2.76. The van der Waals surface area contributed by atoms with Crippen LogP contribution in [-0.2, 0) is 0 Å². The Morgan fingerprint density at radius 1 is 1.18 bits per heavy atom. The van der Waals surface area contributed by atoms with Crippen molar-refractivity contribution in [2.75, 3.05) is 31.1 Å². The number of carbonyl (C=O) groups excluding carboxylic acids is 1. The summed E-state index contributed by atoms with van der Waals surface area (Å²) in [5.74, 6) is -0.590. The van der Waals surface area contributed by atoms with Crippen molar-refractivity contribution in [1.82, 2.24) is 14.9 Å². The summed E-state index contributed by atoms with van der Waals surface area (Å²) in [6.07, 6.45) is 6.00. The van der Waals surface area contributed by atoms with Gasteiger partial charge in [0.05, 0.1) is 11.8 Å².